The van der Waals surface area contributed by atoms with Gasteiger partial charge >= 0.3 is 6.18 Å². The van der Waals surface area contributed by atoms with E-state index < -0.39 is 11.7 Å². The van der Waals surface area contributed by atoms with Crippen molar-refractivity contribution in [3.8, 4) is 11.3 Å². The highest BCUT2D eigenvalue weighted by Gasteiger charge is 2.35. The number of hydrogen-bond acceptors (Lipinski definition) is 6. The molecule has 6 nitrogen and oxygen atoms in total. The first-order chi connectivity index (χ1) is 16.3. The van der Waals surface area contributed by atoms with Gasteiger partial charge in [-0.2, -0.15) is 13.2 Å². The van der Waals surface area contributed by atoms with Crippen LogP contribution in [0.1, 0.15) is 31.0 Å². The summed E-state index contributed by atoms with van der Waals surface area (Å²) >= 11 is 0. The largest absolute Gasteiger partial charge is 0.416 e. The molecule has 1 aromatic carbocycles. The zero-order chi connectivity index (χ0) is 23.9. The Morgan fingerprint density at radius 3 is 2.65 bits per heavy atom. The molecule has 0 atom stereocenters. The summed E-state index contributed by atoms with van der Waals surface area (Å²) in [5, 5.41) is 3.30. The Balaban J connectivity index is 1.54. The molecular formula is C25H25F3N6. The van der Waals surface area contributed by atoms with Gasteiger partial charge in [-0.25, -0.2) is 15.0 Å². The van der Waals surface area contributed by atoms with E-state index in [0.29, 0.717) is 28.7 Å². The van der Waals surface area contributed by atoms with E-state index in [2.05, 4.69) is 31.7 Å². The van der Waals surface area contributed by atoms with E-state index in [1.807, 2.05) is 19.1 Å². The van der Waals surface area contributed by atoms with Crippen molar-refractivity contribution in [3.63, 3.8) is 0 Å². The number of halogens is 3. The molecule has 5 heterocycles. The highest BCUT2D eigenvalue weighted by Crippen LogP contribution is 2.41. The van der Waals surface area contributed by atoms with Gasteiger partial charge < -0.3 is 15.1 Å². The lowest BCUT2D eigenvalue weighted by atomic mass is 10.1. The number of alkyl halides is 3. The number of benzene rings is 1. The first kappa shape index (κ1) is 22.2. The molecule has 0 unspecified atom stereocenters. The molecule has 9 heteroatoms. The van der Waals surface area contributed by atoms with Crippen LogP contribution in [0.15, 0.2) is 61.2 Å². The van der Waals surface area contributed by atoms with Crippen molar-refractivity contribution in [3.05, 3.63) is 72.4 Å². The minimum atomic E-state index is -4.41. The number of hydrogen-bond donors (Lipinski definition) is 1. The molecule has 0 aliphatic carbocycles. The Morgan fingerprint density at radius 1 is 1.12 bits per heavy atom. The summed E-state index contributed by atoms with van der Waals surface area (Å²) in [5.41, 5.74) is 2.09. The number of fused-ring (bicyclic) bond motifs is 2. The number of nitrogens with zero attached hydrogens (tertiary/aromatic N) is 5. The van der Waals surface area contributed by atoms with Crippen LogP contribution in [-0.2, 0) is 12.6 Å². The molecule has 176 valence electrons. The summed E-state index contributed by atoms with van der Waals surface area (Å²) < 4.78 is 39.9. The fourth-order valence-corrected chi connectivity index (χ4v) is 4.63. The highest BCUT2D eigenvalue weighted by molar-refractivity contribution is 5.77. The minimum Gasteiger partial charge on any atom is -0.368 e. The average Bonchev–Trinajstić information content (AvgIpc) is 3.09. The van der Waals surface area contributed by atoms with Crippen molar-refractivity contribution in [1.29, 1.82) is 0 Å². The second-order valence-corrected chi connectivity index (χ2v) is 8.53. The Bertz CT molecular complexity index is 1220. The van der Waals surface area contributed by atoms with Crippen LogP contribution in [0, 0.1) is 0 Å². The standard InChI is InChI=1S/C25H25F3N6/c1-3-19-14-23(30-15-29-19)31-16(2)34-20-9-11-33(12-10-20)22-8-7-21(32-24(22)34)17-5-4-6-18(13-17)25(26,27)28/h4-8,13-15,20H,2-3,9-12H2,1H3,(H,29,30,31). The number of nitrogens with one attached hydrogen (secondary N) is 1. The van der Waals surface area contributed by atoms with E-state index in [1.54, 1.807) is 12.1 Å². The van der Waals surface area contributed by atoms with Gasteiger partial charge in [0.25, 0.3) is 0 Å². The molecule has 2 aromatic heterocycles. The van der Waals surface area contributed by atoms with E-state index in [1.165, 1.54) is 12.4 Å². The summed E-state index contributed by atoms with van der Waals surface area (Å²) in [7, 11) is 0. The van der Waals surface area contributed by atoms with Crippen LogP contribution < -0.4 is 15.1 Å². The number of rotatable bonds is 5. The molecule has 1 fully saturated rings. The Kier molecular flexibility index (Phi) is 5.63. The topological polar surface area (TPSA) is 57.2 Å². The molecular weight excluding hydrogens is 441 g/mol. The van der Waals surface area contributed by atoms with Gasteiger partial charge in [-0.15, -0.1) is 0 Å². The van der Waals surface area contributed by atoms with E-state index in [4.69, 9.17) is 4.98 Å². The predicted molar refractivity (Wildman–Crippen MR) is 127 cm³/mol. The number of aryl methyl sites for hydroxylation is 1. The number of piperidine rings is 1. The second kappa shape index (κ2) is 8.62. The fraction of sp³-hybridized carbons (Fsp3) is 0.320. The maximum Gasteiger partial charge on any atom is 0.416 e. The molecule has 0 spiro atoms. The molecule has 3 aromatic rings. The molecule has 1 saturated heterocycles. The quantitative estimate of drug-likeness (QED) is 0.537. The van der Waals surface area contributed by atoms with Gasteiger partial charge in [0, 0.05) is 36.5 Å². The summed E-state index contributed by atoms with van der Waals surface area (Å²) in [5.74, 6) is 1.97. The first-order valence-corrected chi connectivity index (χ1v) is 11.3. The highest BCUT2D eigenvalue weighted by atomic mass is 19.4. The van der Waals surface area contributed by atoms with Gasteiger partial charge in [-0.05, 0) is 43.5 Å². The Labute approximate surface area is 196 Å². The van der Waals surface area contributed by atoms with Gasteiger partial charge in [-0.1, -0.05) is 25.6 Å². The molecule has 0 amide bonds. The fourth-order valence-electron chi connectivity index (χ4n) is 4.63. The molecule has 1 N–H and O–H groups in total. The number of anilines is 3. The Morgan fingerprint density at radius 2 is 1.91 bits per heavy atom. The Hall–Kier alpha value is -3.62. The lowest BCUT2D eigenvalue weighted by Crippen LogP contribution is -2.41. The molecule has 0 radical (unpaired) electrons. The summed E-state index contributed by atoms with van der Waals surface area (Å²) in [6, 6.07) is 11.1. The minimum absolute atomic E-state index is 0.175. The van der Waals surface area contributed by atoms with Crippen LogP contribution in [0.5, 0.6) is 0 Å². The average molecular weight is 467 g/mol. The van der Waals surface area contributed by atoms with Crippen molar-refractivity contribution in [2.45, 2.75) is 38.4 Å². The normalized spacial score (nSPS) is 15.8. The van der Waals surface area contributed by atoms with E-state index in [-0.39, 0.29) is 6.04 Å². The van der Waals surface area contributed by atoms with Crippen molar-refractivity contribution >= 4 is 17.3 Å². The van der Waals surface area contributed by atoms with Gasteiger partial charge in [-0.3, -0.25) is 0 Å². The molecule has 0 saturated carbocycles. The van der Waals surface area contributed by atoms with Crippen molar-refractivity contribution in [1.82, 2.24) is 15.0 Å². The van der Waals surface area contributed by atoms with Crippen LogP contribution in [0.4, 0.5) is 30.5 Å². The van der Waals surface area contributed by atoms with Crippen molar-refractivity contribution in [2.75, 3.05) is 28.2 Å². The van der Waals surface area contributed by atoms with Crippen molar-refractivity contribution in [2.24, 2.45) is 0 Å². The molecule has 3 aliphatic heterocycles. The van der Waals surface area contributed by atoms with E-state index in [9.17, 15) is 13.2 Å². The van der Waals surface area contributed by atoms with Crippen LogP contribution >= 0.6 is 0 Å². The molecule has 34 heavy (non-hydrogen) atoms. The van der Waals surface area contributed by atoms with E-state index in [0.717, 1.165) is 55.9 Å². The van der Waals surface area contributed by atoms with Gasteiger partial charge in [0.2, 0.25) is 0 Å². The predicted octanol–water partition coefficient (Wildman–Crippen LogP) is 5.49. The van der Waals surface area contributed by atoms with E-state index >= 15 is 0 Å². The molecule has 6 rings (SSSR count). The van der Waals surface area contributed by atoms with Crippen LogP contribution in [0.2, 0.25) is 0 Å². The summed E-state index contributed by atoms with van der Waals surface area (Å²) in [6.45, 7) is 8.09. The number of aromatic nitrogens is 3. The third-order valence-electron chi connectivity index (χ3n) is 6.39. The summed E-state index contributed by atoms with van der Waals surface area (Å²) in [6.07, 6.45) is -0.243. The van der Waals surface area contributed by atoms with Gasteiger partial charge in [0.1, 0.15) is 18.0 Å². The van der Waals surface area contributed by atoms with Gasteiger partial charge in [0.05, 0.1) is 16.9 Å². The van der Waals surface area contributed by atoms with Crippen LogP contribution in [0.25, 0.3) is 11.3 Å². The monoisotopic (exact) mass is 466 g/mol. The maximum absolute atomic E-state index is 13.3. The van der Waals surface area contributed by atoms with Crippen LogP contribution in [0.3, 0.4) is 0 Å². The first-order valence-electron chi connectivity index (χ1n) is 11.3. The summed E-state index contributed by atoms with van der Waals surface area (Å²) in [4.78, 5) is 17.8. The SMILES string of the molecule is C=C(Nc1cc(CC)ncn1)N1c2nc(-c3cccc(C(F)(F)F)c3)ccc2N2CCC1CC2. The lowest BCUT2D eigenvalue weighted by Gasteiger charge is -2.34. The third kappa shape index (κ3) is 4.18. The van der Waals surface area contributed by atoms with Crippen LogP contribution in [-0.4, -0.2) is 34.1 Å². The smallest absolute Gasteiger partial charge is 0.368 e. The number of pyridine rings is 1. The zero-order valence-electron chi connectivity index (χ0n) is 18.8. The second-order valence-electron chi connectivity index (χ2n) is 8.53. The lowest BCUT2D eigenvalue weighted by molar-refractivity contribution is -0.137. The molecule has 2 bridgehead atoms. The third-order valence-corrected chi connectivity index (χ3v) is 6.39. The maximum atomic E-state index is 13.3. The van der Waals surface area contributed by atoms with Gasteiger partial charge in [0.15, 0.2) is 5.82 Å². The van der Waals surface area contributed by atoms with Crippen molar-refractivity contribution < 1.29 is 13.2 Å². The molecule has 3 aliphatic rings. The zero-order valence-corrected chi connectivity index (χ0v) is 18.8.